The summed E-state index contributed by atoms with van der Waals surface area (Å²) >= 11 is 1.97. The summed E-state index contributed by atoms with van der Waals surface area (Å²) in [6, 6.07) is 0. The molecule has 0 N–H and O–H groups in total. The predicted molar refractivity (Wildman–Crippen MR) is 42.2 cm³/mol. The van der Waals surface area contributed by atoms with E-state index in [1.807, 2.05) is 11.8 Å². The average molecular weight is 152 g/mol. The molecular formula is C8H8OS. The van der Waals surface area contributed by atoms with E-state index in [0.717, 1.165) is 5.75 Å². The summed E-state index contributed by atoms with van der Waals surface area (Å²) in [7, 11) is 0. The van der Waals surface area contributed by atoms with Crippen molar-refractivity contribution in [2.24, 2.45) is 0 Å². The summed E-state index contributed by atoms with van der Waals surface area (Å²) in [6.45, 7) is 0. The highest BCUT2D eigenvalue weighted by atomic mass is 32.2. The zero-order valence-electron chi connectivity index (χ0n) is 5.54. The molecule has 3 aliphatic heterocycles. The van der Waals surface area contributed by atoms with Crippen LogP contribution in [0.15, 0.2) is 23.8 Å². The molecule has 1 fully saturated rings. The fourth-order valence-electron chi connectivity index (χ4n) is 1.84. The maximum absolute atomic E-state index is 5.76. The number of rotatable bonds is 0. The van der Waals surface area contributed by atoms with Crippen molar-refractivity contribution in [3.8, 4) is 0 Å². The van der Waals surface area contributed by atoms with Crippen LogP contribution in [0.3, 0.4) is 0 Å². The van der Waals surface area contributed by atoms with Gasteiger partial charge in [0.2, 0.25) is 0 Å². The van der Waals surface area contributed by atoms with Crippen LogP contribution in [0.25, 0.3) is 0 Å². The topological polar surface area (TPSA) is 9.23 Å². The second-order valence-corrected chi connectivity index (χ2v) is 4.00. The zero-order valence-corrected chi connectivity index (χ0v) is 6.36. The van der Waals surface area contributed by atoms with Crippen molar-refractivity contribution in [3.63, 3.8) is 0 Å². The molecule has 2 bridgehead atoms. The monoisotopic (exact) mass is 152 g/mol. The third kappa shape index (κ3) is 0.465. The molecule has 0 amide bonds. The van der Waals surface area contributed by atoms with Crippen molar-refractivity contribution in [3.05, 3.63) is 23.8 Å². The van der Waals surface area contributed by atoms with Crippen molar-refractivity contribution in [2.75, 3.05) is 11.5 Å². The molecule has 10 heavy (non-hydrogen) atoms. The molecule has 52 valence electrons. The molecule has 1 nitrogen and oxygen atoms in total. The molecule has 0 aromatic rings. The van der Waals surface area contributed by atoms with Gasteiger partial charge in [-0.25, -0.2) is 0 Å². The summed E-state index contributed by atoms with van der Waals surface area (Å²) in [5, 5.41) is 0. The Morgan fingerprint density at radius 1 is 1.70 bits per heavy atom. The van der Waals surface area contributed by atoms with Crippen LogP contribution in [0, 0.1) is 0 Å². The average Bonchev–Trinajstić information content (AvgIpc) is 2.48. The molecule has 3 heterocycles. The molecule has 0 radical (unpaired) electrons. The predicted octanol–water partition coefficient (Wildman–Crippen LogP) is 1.37. The maximum atomic E-state index is 5.76. The Kier molecular flexibility index (Phi) is 0.822. The molecule has 0 saturated carbocycles. The highest BCUT2D eigenvalue weighted by Gasteiger charge is 2.46. The molecule has 0 aromatic heterocycles. The fraction of sp³-hybridized carbons (Fsp3) is 0.500. The Morgan fingerprint density at radius 3 is 3.50 bits per heavy atom. The van der Waals surface area contributed by atoms with Gasteiger partial charge in [0, 0.05) is 11.5 Å². The van der Waals surface area contributed by atoms with Gasteiger partial charge in [0.05, 0.1) is 6.10 Å². The first-order chi connectivity index (χ1) is 4.89. The van der Waals surface area contributed by atoms with E-state index in [2.05, 4.69) is 18.2 Å². The minimum atomic E-state index is 0.0648. The van der Waals surface area contributed by atoms with Crippen LogP contribution in [-0.2, 0) is 4.74 Å². The molecule has 3 aliphatic rings. The van der Waals surface area contributed by atoms with Gasteiger partial charge in [-0.15, -0.1) is 0 Å². The Bertz CT molecular complexity index is 244. The lowest BCUT2D eigenvalue weighted by Gasteiger charge is -2.17. The zero-order chi connectivity index (χ0) is 6.60. The highest BCUT2D eigenvalue weighted by molar-refractivity contribution is 7.99. The molecule has 0 aromatic carbocycles. The smallest absolute Gasteiger partial charge is 0.118 e. The van der Waals surface area contributed by atoms with Crippen molar-refractivity contribution < 1.29 is 4.74 Å². The van der Waals surface area contributed by atoms with Crippen LogP contribution in [-0.4, -0.2) is 23.2 Å². The molecule has 0 unspecified atom stereocenters. The van der Waals surface area contributed by atoms with E-state index >= 15 is 0 Å². The standard InChI is InChI=1S/C8H8OS/c1-2-8-5-10-4-6(8)3-7(1)9-8/h1-3,7H,4-5H2/t7-,8-/m0/s1. The summed E-state index contributed by atoms with van der Waals surface area (Å²) in [6.07, 6.45) is 6.97. The van der Waals surface area contributed by atoms with Gasteiger partial charge in [0.15, 0.2) is 0 Å². The maximum Gasteiger partial charge on any atom is 0.118 e. The number of thioether (sulfide) groups is 1. The second kappa shape index (κ2) is 1.51. The summed E-state index contributed by atoms with van der Waals surface area (Å²) in [5.74, 6) is 2.31. The fourth-order valence-corrected chi connectivity index (χ4v) is 3.16. The van der Waals surface area contributed by atoms with Gasteiger partial charge in [0.1, 0.15) is 5.60 Å². The van der Waals surface area contributed by atoms with E-state index in [9.17, 15) is 0 Å². The molecule has 2 heteroatoms. The number of hydrogen-bond acceptors (Lipinski definition) is 2. The van der Waals surface area contributed by atoms with Gasteiger partial charge in [-0.2, -0.15) is 11.8 Å². The normalized spacial score (nSPS) is 48.0. The SMILES string of the molecule is C1=C[C@]23CSCC2=C[C@H]1O3. The Hall–Kier alpha value is -0.210. The van der Waals surface area contributed by atoms with E-state index in [-0.39, 0.29) is 5.60 Å². The van der Waals surface area contributed by atoms with Crippen LogP contribution in [0.4, 0.5) is 0 Å². The summed E-state index contributed by atoms with van der Waals surface area (Å²) in [5.41, 5.74) is 1.57. The van der Waals surface area contributed by atoms with Gasteiger partial charge < -0.3 is 4.74 Å². The lowest BCUT2D eigenvalue weighted by Crippen LogP contribution is -2.25. The van der Waals surface area contributed by atoms with Crippen LogP contribution in [0.2, 0.25) is 0 Å². The number of ether oxygens (including phenoxy) is 1. The van der Waals surface area contributed by atoms with Crippen molar-refractivity contribution in [1.82, 2.24) is 0 Å². The van der Waals surface area contributed by atoms with E-state index in [4.69, 9.17) is 4.74 Å². The van der Waals surface area contributed by atoms with E-state index < -0.39 is 0 Å². The molecule has 1 saturated heterocycles. The lowest BCUT2D eigenvalue weighted by molar-refractivity contribution is 0.0643. The second-order valence-electron chi connectivity index (χ2n) is 3.02. The molecule has 1 spiro atoms. The first-order valence-electron chi connectivity index (χ1n) is 3.55. The van der Waals surface area contributed by atoms with Crippen molar-refractivity contribution in [1.29, 1.82) is 0 Å². The molecule has 0 aliphatic carbocycles. The van der Waals surface area contributed by atoms with E-state index in [1.54, 1.807) is 0 Å². The largest absolute Gasteiger partial charge is 0.354 e. The van der Waals surface area contributed by atoms with Gasteiger partial charge in [0.25, 0.3) is 0 Å². The van der Waals surface area contributed by atoms with Gasteiger partial charge in [-0.1, -0.05) is 6.08 Å². The Balaban J connectivity index is 2.17. The minimum Gasteiger partial charge on any atom is -0.354 e. The summed E-state index contributed by atoms with van der Waals surface area (Å²) < 4.78 is 5.76. The van der Waals surface area contributed by atoms with Gasteiger partial charge in [-0.05, 0) is 17.7 Å². The third-order valence-corrected chi connectivity index (χ3v) is 3.53. The van der Waals surface area contributed by atoms with Gasteiger partial charge in [-0.3, -0.25) is 0 Å². The lowest BCUT2D eigenvalue weighted by atomic mass is 9.95. The molecule has 3 rings (SSSR count). The number of fused-ring (bicyclic) bond motifs is 1. The molecule has 2 atom stereocenters. The first-order valence-corrected chi connectivity index (χ1v) is 4.71. The van der Waals surface area contributed by atoms with Crippen molar-refractivity contribution in [2.45, 2.75) is 11.7 Å². The van der Waals surface area contributed by atoms with Crippen LogP contribution >= 0.6 is 11.8 Å². The van der Waals surface area contributed by atoms with Crippen molar-refractivity contribution >= 4 is 11.8 Å². The van der Waals surface area contributed by atoms with Crippen LogP contribution < -0.4 is 0 Å². The van der Waals surface area contributed by atoms with Gasteiger partial charge >= 0.3 is 0 Å². The van der Waals surface area contributed by atoms with Crippen LogP contribution in [0.1, 0.15) is 0 Å². The first kappa shape index (κ1) is 5.44. The van der Waals surface area contributed by atoms with E-state index in [1.165, 1.54) is 11.3 Å². The van der Waals surface area contributed by atoms with E-state index in [0.29, 0.717) is 6.10 Å². The minimum absolute atomic E-state index is 0.0648. The quantitative estimate of drug-likeness (QED) is 0.485. The Labute approximate surface area is 64.1 Å². The molecular weight excluding hydrogens is 144 g/mol. The highest BCUT2D eigenvalue weighted by Crippen LogP contribution is 2.46. The van der Waals surface area contributed by atoms with Crippen LogP contribution in [0.5, 0.6) is 0 Å². The summed E-state index contributed by atoms with van der Waals surface area (Å²) in [4.78, 5) is 0. The Morgan fingerprint density at radius 2 is 2.70 bits per heavy atom. The number of hydrogen-bond donors (Lipinski definition) is 0. The third-order valence-electron chi connectivity index (χ3n) is 2.38.